The second-order valence-corrected chi connectivity index (χ2v) is 9.38. The van der Waals surface area contributed by atoms with E-state index in [4.69, 9.17) is 0 Å². The van der Waals surface area contributed by atoms with Crippen LogP contribution in [0.4, 0.5) is 10.2 Å². The van der Waals surface area contributed by atoms with Crippen molar-refractivity contribution in [3.8, 4) is 10.6 Å². The summed E-state index contributed by atoms with van der Waals surface area (Å²) in [4.78, 5) is 17.6. The number of pyridine rings is 1. The first-order valence-electron chi connectivity index (χ1n) is 9.96. The van der Waals surface area contributed by atoms with Gasteiger partial charge in [-0.25, -0.2) is 14.4 Å². The summed E-state index contributed by atoms with van der Waals surface area (Å²) in [6.07, 6.45) is 3.47. The molecule has 30 heavy (non-hydrogen) atoms. The van der Waals surface area contributed by atoms with Gasteiger partial charge in [-0.2, -0.15) is 0 Å². The monoisotopic (exact) mass is 444 g/mol. The van der Waals surface area contributed by atoms with Crippen molar-refractivity contribution in [3.05, 3.63) is 51.5 Å². The number of halogens is 1. The summed E-state index contributed by atoms with van der Waals surface area (Å²) < 4.78 is 14.0. The summed E-state index contributed by atoms with van der Waals surface area (Å²) in [6, 6.07) is 7.59. The van der Waals surface area contributed by atoms with Crippen molar-refractivity contribution in [1.82, 2.24) is 20.6 Å². The van der Waals surface area contributed by atoms with Crippen molar-refractivity contribution < 1.29 is 4.39 Å². The molecular formula is C21H25FN6S2. The molecule has 2 N–H and O–H groups in total. The number of aromatic nitrogens is 2. The number of rotatable bonds is 6. The third-order valence-corrected chi connectivity index (χ3v) is 6.93. The maximum atomic E-state index is 14.0. The van der Waals surface area contributed by atoms with Gasteiger partial charge in [-0.15, -0.1) is 22.7 Å². The predicted molar refractivity (Wildman–Crippen MR) is 123 cm³/mol. The number of aryl methyl sites for hydroxylation is 1. The van der Waals surface area contributed by atoms with Crippen molar-refractivity contribution in [2.45, 2.75) is 25.8 Å². The standard InChI is InChI=1S/C21H25FN6S2/c1-14-26-18(13-29-14)19-6-5-16(30-19)7-10-25-21(23-2)27-15-8-11-28(12-15)20-17(22)4-3-9-24-20/h3-6,9,13,15H,7-8,10-12H2,1-2H3,(H2,23,25,27). The minimum Gasteiger partial charge on any atom is -0.356 e. The van der Waals surface area contributed by atoms with Crippen LogP contribution in [-0.2, 0) is 6.42 Å². The largest absolute Gasteiger partial charge is 0.356 e. The molecule has 1 saturated heterocycles. The molecule has 0 radical (unpaired) electrons. The molecule has 0 saturated carbocycles. The van der Waals surface area contributed by atoms with Crippen molar-refractivity contribution in [3.63, 3.8) is 0 Å². The first-order valence-corrected chi connectivity index (χ1v) is 11.7. The number of anilines is 1. The van der Waals surface area contributed by atoms with E-state index in [0.29, 0.717) is 12.4 Å². The Morgan fingerprint density at radius 1 is 1.37 bits per heavy atom. The van der Waals surface area contributed by atoms with E-state index in [0.717, 1.165) is 42.6 Å². The molecule has 1 fully saturated rings. The normalized spacial score (nSPS) is 16.8. The molecular weight excluding hydrogens is 419 g/mol. The van der Waals surface area contributed by atoms with Gasteiger partial charge in [-0.3, -0.25) is 4.99 Å². The van der Waals surface area contributed by atoms with E-state index < -0.39 is 0 Å². The number of hydrogen-bond acceptors (Lipinski definition) is 6. The number of hydrogen-bond donors (Lipinski definition) is 2. The summed E-state index contributed by atoms with van der Waals surface area (Å²) in [5.41, 5.74) is 1.06. The van der Waals surface area contributed by atoms with Crippen molar-refractivity contribution >= 4 is 34.5 Å². The Bertz CT molecular complexity index is 1010. The maximum Gasteiger partial charge on any atom is 0.191 e. The molecule has 1 unspecified atom stereocenters. The molecule has 1 aliphatic rings. The van der Waals surface area contributed by atoms with E-state index in [1.807, 2.05) is 11.8 Å². The van der Waals surface area contributed by atoms with Crippen LogP contribution in [0.2, 0.25) is 0 Å². The molecule has 3 aromatic rings. The fourth-order valence-electron chi connectivity index (χ4n) is 3.50. The Labute approximate surface area is 183 Å². The van der Waals surface area contributed by atoms with Crippen LogP contribution in [0.3, 0.4) is 0 Å². The lowest BCUT2D eigenvalue weighted by Gasteiger charge is -2.19. The third kappa shape index (κ3) is 4.96. The lowest BCUT2D eigenvalue weighted by atomic mass is 10.3. The first kappa shape index (κ1) is 20.7. The molecule has 0 amide bonds. The Balaban J connectivity index is 1.25. The van der Waals surface area contributed by atoms with E-state index >= 15 is 0 Å². The second kappa shape index (κ2) is 9.53. The number of guanidine groups is 1. The van der Waals surface area contributed by atoms with Gasteiger partial charge in [0.05, 0.1) is 15.6 Å². The van der Waals surface area contributed by atoms with Crippen LogP contribution in [0, 0.1) is 12.7 Å². The second-order valence-electron chi connectivity index (χ2n) is 7.15. The Morgan fingerprint density at radius 2 is 2.27 bits per heavy atom. The molecule has 0 aliphatic carbocycles. The van der Waals surface area contributed by atoms with E-state index in [9.17, 15) is 4.39 Å². The molecule has 0 aromatic carbocycles. The summed E-state index contributed by atoms with van der Waals surface area (Å²) in [5.74, 6) is 0.924. The van der Waals surface area contributed by atoms with Gasteiger partial charge in [0, 0.05) is 49.2 Å². The molecule has 4 heterocycles. The molecule has 1 atom stereocenters. The number of nitrogens with zero attached hydrogens (tertiary/aromatic N) is 4. The van der Waals surface area contributed by atoms with Crippen LogP contribution in [0.1, 0.15) is 16.3 Å². The van der Waals surface area contributed by atoms with Crippen LogP contribution in [0.5, 0.6) is 0 Å². The first-order chi connectivity index (χ1) is 14.6. The van der Waals surface area contributed by atoms with Crippen LogP contribution in [0.15, 0.2) is 40.8 Å². The quantitative estimate of drug-likeness (QED) is 0.448. The Morgan fingerprint density at radius 3 is 3.03 bits per heavy atom. The average molecular weight is 445 g/mol. The van der Waals surface area contributed by atoms with E-state index in [-0.39, 0.29) is 11.9 Å². The van der Waals surface area contributed by atoms with E-state index in [2.05, 4.69) is 43.1 Å². The zero-order valence-electron chi connectivity index (χ0n) is 17.1. The van der Waals surface area contributed by atoms with E-state index in [1.165, 1.54) is 15.8 Å². The molecule has 6 nitrogen and oxygen atoms in total. The van der Waals surface area contributed by atoms with Gasteiger partial charge in [0.25, 0.3) is 0 Å². The van der Waals surface area contributed by atoms with E-state index in [1.54, 1.807) is 42.0 Å². The molecule has 9 heteroatoms. The van der Waals surface area contributed by atoms with Gasteiger partial charge in [-0.05, 0) is 44.0 Å². The molecule has 3 aromatic heterocycles. The molecule has 158 valence electrons. The zero-order chi connectivity index (χ0) is 20.9. The Hall–Kier alpha value is -2.52. The topological polar surface area (TPSA) is 65.4 Å². The summed E-state index contributed by atoms with van der Waals surface area (Å²) in [6.45, 7) is 4.30. The van der Waals surface area contributed by atoms with Crippen molar-refractivity contribution in [2.75, 3.05) is 31.6 Å². The Kier molecular flexibility index (Phi) is 6.59. The summed E-state index contributed by atoms with van der Waals surface area (Å²) in [7, 11) is 1.77. The van der Waals surface area contributed by atoms with Crippen LogP contribution in [-0.4, -0.2) is 48.7 Å². The number of thiophene rings is 1. The highest BCUT2D eigenvalue weighted by atomic mass is 32.1. The summed E-state index contributed by atoms with van der Waals surface area (Å²) >= 11 is 3.46. The summed E-state index contributed by atoms with van der Waals surface area (Å²) in [5, 5.41) is 10.0. The highest BCUT2D eigenvalue weighted by molar-refractivity contribution is 7.16. The van der Waals surface area contributed by atoms with Crippen LogP contribution >= 0.6 is 22.7 Å². The number of aliphatic imine (C=N–C) groups is 1. The lowest BCUT2D eigenvalue weighted by molar-refractivity contribution is 0.612. The predicted octanol–water partition coefficient (Wildman–Crippen LogP) is 3.70. The minimum atomic E-state index is -0.274. The third-order valence-electron chi connectivity index (χ3n) is 4.99. The fourth-order valence-corrected chi connectivity index (χ4v) is 5.15. The lowest BCUT2D eigenvalue weighted by Crippen LogP contribution is -2.45. The highest BCUT2D eigenvalue weighted by Crippen LogP contribution is 2.29. The average Bonchev–Trinajstić information content (AvgIpc) is 3.49. The SMILES string of the molecule is CN=C(NCCc1ccc(-c2csc(C)n2)s1)NC1CCN(c2ncccc2F)C1. The van der Waals surface area contributed by atoms with Crippen molar-refractivity contribution in [1.29, 1.82) is 0 Å². The van der Waals surface area contributed by atoms with Gasteiger partial charge in [0.2, 0.25) is 0 Å². The smallest absolute Gasteiger partial charge is 0.191 e. The van der Waals surface area contributed by atoms with Gasteiger partial charge >= 0.3 is 0 Å². The number of thiazole rings is 1. The fraction of sp³-hybridized carbons (Fsp3) is 0.381. The van der Waals surface area contributed by atoms with Gasteiger partial charge in [-0.1, -0.05) is 0 Å². The van der Waals surface area contributed by atoms with Gasteiger partial charge in [0.15, 0.2) is 17.6 Å². The minimum absolute atomic E-state index is 0.207. The molecule has 0 spiro atoms. The molecule has 1 aliphatic heterocycles. The number of nitrogens with one attached hydrogen (secondary N) is 2. The molecule has 4 rings (SSSR count). The van der Waals surface area contributed by atoms with Crippen LogP contribution in [0.25, 0.3) is 10.6 Å². The zero-order valence-corrected chi connectivity index (χ0v) is 18.7. The van der Waals surface area contributed by atoms with Gasteiger partial charge in [0.1, 0.15) is 0 Å². The van der Waals surface area contributed by atoms with Crippen LogP contribution < -0.4 is 15.5 Å². The maximum absolute atomic E-state index is 14.0. The van der Waals surface area contributed by atoms with Crippen molar-refractivity contribution in [2.24, 2.45) is 4.99 Å². The van der Waals surface area contributed by atoms with Gasteiger partial charge < -0.3 is 15.5 Å². The highest BCUT2D eigenvalue weighted by Gasteiger charge is 2.25. The molecule has 0 bridgehead atoms.